The van der Waals surface area contributed by atoms with Crippen molar-refractivity contribution in [2.24, 2.45) is 5.92 Å². The predicted molar refractivity (Wildman–Crippen MR) is 97.3 cm³/mol. The van der Waals surface area contributed by atoms with E-state index in [2.05, 4.69) is 25.7 Å². The van der Waals surface area contributed by atoms with Gasteiger partial charge in [0.05, 0.1) is 5.52 Å². The first-order chi connectivity index (χ1) is 12.7. The van der Waals surface area contributed by atoms with Crippen LogP contribution in [0.5, 0.6) is 0 Å². The minimum Gasteiger partial charge on any atom is -0.346 e. The Labute approximate surface area is 150 Å². The lowest BCUT2D eigenvalue weighted by Crippen LogP contribution is -2.57. The molecule has 1 aromatic heterocycles. The van der Waals surface area contributed by atoms with Crippen molar-refractivity contribution in [1.82, 2.24) is 25.7 Å². The number of nitrogens with zero attached hydrogens (tertiary/aromatic N) is 3. The standard InChI is InChI=1S/C18H22N6O2/c25-17(20-15-10-23-6-3-11(15)4-7-23)16-13-9-12(1-2-14(13)21-22-16)24-8-5-19-18(24)26/h1-2,9,11,15H,3-8,10H2,(H,19,26)(H,20,25)(H,21,22)/t15-/m1/s1. The summed E-state index contributed by atoms with van der Waals surface area (Å²) in [5.41, 5.74) is 1.98. The van der Waals surface area contributed by atoms with Crippen molar-refractivity contribution in [3.05, 3.63) is 23.9 Å². The van der Waals surface area contributed by atoms with Gasteiger partial charge in [-0.15, -0.1) is 0 Å². The lowest BCUT2D eigenvalue weighted by atomic mass is 9.84. The average molecular weight is 354 g/mol. The monoisotopic (exact) mass is 354 g/mol. The lowest BCUT2D eigenvalue weighted by Gasteiger charge is -2.44. The van der Waals surface area contributed by atoms with E-state index in [4.69, 9.17) is 0 Å². The van der Waals surface area contributed by atoms with Gasteiger partial charge in [-0.25, -0.2) is 4.79 Å². The summed E-state index contributed by atoms with van der Waals surface area (Å²) >= 11 is 0. The van der Waals surface area contributed by atoms with Crippen molar-refractivity contribution in [3.8, 4) is 0 Å². The molecule has 3 N–H and O–H groups in total. The third-order valence-corrected chi connectivity index (χ3v) is 5.90. The Balaban J connectivity index is 1.41. The Hall–Kier alpha value is -2.61. The number of piperidine rings is 3. The van der Waals surface area contributed by atoms with Gasteiger partial charge < -0.3 is 15.5 Å². The average Bonchev–Trinajstić information content (AvgIpc) is 3.28. The van der Waals surface area contributed by atoms with Crippen LogP contribution in [0.1, 0.15) is 23.3 Å². The van der Waals surface area contributed by atoms with Gasteiger partial charge in [0.2, 0.25) is 0 Å². The molecule has 3 amide bonds. The molecule has 0 radical (unpaired) electrons. The quantitative estimate of drug-likeness (QED) is 0.764. The first kappa shape index (κ1) is 15.6. The van der Waals surface area contributed by atoms with Crippen molar-refractivity contribution in [2.75, 3.05) is 37.6 Å². The van der Waals surface area contributed by atoms with E-state index < -0.39 is 0 Å². The second-order valence-corrected chi connectivity index (χ2v) is 7.40. The van der Waals surface area contributed by atoms with E-state index >= 15 is 0 Å². The fraction of sp³-hybridized carbons (Fsp3) is 0.500. The zero-order valence-electron chi connectivity index (χ0n) is 14.5. The largest absolute Gasteiger partial charge is 0.346 e. The molecular formula is C18H22N6O2. The summed E-state index contributed by atoms with van der Waals surface area (Å²) < 4.78 is 0. The van der Waals surface area contributed by atoms with E-state index in [-0.39, 0.29) is 18.0 Å². The maximum Gasteiger partial charge on any atom is 0.321 e. The maximum absolute atomic E-state index is 12.9. The number of aromatic nitrogens is 2. The summed E-state index contributed by atoms with van der Waals surface area (Å²) in [6, 6.07) is 5.71. The van der Waals surface area contributed by atoms with Crippen LogP contribution in [0.2, 0.25) is 0 Å². The van der Waals surface area contributed by atoms with Crippen LogP contribution in [0.4, 0.5) is 10.5 Å². The van der Waals surface area contributed by atoms with Gasteiger partial charge in [0.25, 0.3) is 5.91 Å². The molecule has 0 spiro atoms. The molecule has 5 heterocycles. The molecule has 6 rings (SSSR count). The van der Waals surface area contributed by atoms with Crippen LogP contribution in [-0.2, 0) is 0 Å². The molecule has 0 unspecified atom stereocenters. The van der Waals surface area contributed by atoms with Crippen molar-refractivity contribution in [2.45, 2.75) is 18.9 Å². The van der Waals surface area contributed by atoms with Gasteiger partial charge in [-0.3, -0.25) is 14.8 Å². The number of amides is 3. The van der Waals surface area contributed by atoms with Crippen LogP contribution >= 0.6 is 0 Å². The van der Waals surface area contributed by atoms with Gasteiger partial charge in [0.15, 0.2) is 5.69 Å². The lowest BCUT2D eigenvalue weighted by molar-refractivity contribution is 0.0618. The second kappa shape index (κ2) is 5.98. The Morgan fingerprint density at radius 1 is 1.23 bits per heavy atom. The van der Waals surface area contributed by atoms with Gasteiger partial charge >= 0.3 is 6.03 Å². The van der Waals surface area contributed by atoms with Crippen molar-refractivity contribution in [1.29, 1.82) is 0 Å². The van der Waals surface area contributed by atoms with E-state index in [1.54, 1.807) is 4.90 Å². The van der Waals surface area contributed by atoms with Crippen LogP contribution in [0.25, 0.3) is 10.9 Å². The van der Waals surface area contributed by atoms with E-state index in [0.29, 0.717) is 24.7 Å². The Bertz CT molecular complexity index is 870. The molecule has 2 aromatic rings. The van der Waals surface area contributed by atoms with Crippen LogP contribution in [-0.4, -0.2) is 65.8 Å². The molecule has 4 aliphatic rings. The second-order valence-electron chi connectivity index (χ2n) is 7.40. The first-order valence-electron chi connectivity index (χ1n) is 9.26. The van der Waals surface area contributed by atoms with Crippen molar-refractivity contribution >= 4 is 28.5 Å². The highest BCUT2D eigenvalue weighted by Gasteiger charge is 2.35. The van der Waals surface area contributed by atoms with Crippen LogP contribution in [0.15, 0.2) is 18.2 Å². The zero-order valence-corrected chi connectivity index (χ0v) is 14.5. The third-order valence-electron chi connectivity index (χ3n) is 5.90. The molecule has 4 fully saturated rings. The Morgan fingerprint density at radius 3 is 2.77 bits per heavy atom. The number of nitrogens with one attached hydrogen (secondary N) is 3. The van der Waals surface area contributed by atoms with E-state index in [0.717, 1.165) is 49.1 Å². The highest BCUT2D eigenvalue weighted by Crippen LogP contribution is 2.28. The summed E-state index contributed by atoms with van der Waals surface area (Å²) in [6.45, 7) is 4.48. The van der Waals surface area contributed by atoms with E-state index in [9.17, 15) is 9.59 Å². The van der Waals surface area contributed by atoms with Crippen molar-refractivity contribution in [3.63, 3.8) is 0 Å². The molecule has 26 heavy (non-hydrogen) atoms. The van der Waals surface area contributed by atoms with Gasteiger partial charge in [-0.2, -0.15) is 5.10 Å². The molecule has 0 saturated carbocycles. The normalized spacial score (nSPS) is 27.8. The number of hydrogen-bond donors (Lipinski definition) is 3. The van der Waals surface area contributed by atoms with Gasteiger partial charge in [0, 0.05) is 36.7 Å². The summed E-state index contributed by atoms with van der Waals surface area (Å²) in [5, 5.41) is 13.9. The maximum atomic E-state index is 12.9. The summed E-state index contributed by atoms with van der Waals surface area (Å²) in [4.78, 5) is 28.9. The van der Waals surface area contributed by atoms with Crippen LogP contribution in [0.3, 0.4) is 0 Å². The molecule has 0 aliphatic carbocycles. The Morgan fingerprint density at radius 2 is 2.08 bits per heavy atom. The molecular weight excluding hydrogens is 332 g/mol. The molecule has 8 nitrogen and oxygen atoms in total. The molecule has 4 saturated heterocycles. The summed E-state index contributed by atoms with van der Waals surface area (Å²) in [6.07, 6.45) is 2.31. The minimum absolute atomic E-state index is 0.105. The number of benzene rings is 1. The van der Waals surface area contributed by atoms with Gasteiger partial charge in [-0.05, 0) is 50.0 Å². The number of H-pyrrole nitrogens is 1. The molecule has 2 bridgehead atoms. The Kier molecular flexibility index (Phi) is 3.59. The number of carbonyl (C=O) groups is 2. The number of aromatic amines is 1. The van der Waals surface area contributed by atoms with E-state index in [1.165, 1.54) is 0 Å². The number of anilines is 1. The minimum atomic E-state index is -0.141. The smallest absolute Gasteiger partial charge is 0.321 e. The number of fused-ring (bicyclic) bond motifs is 4. The fourth-order valence-corrected chi connectivity index (χ4v) is 4.43. The molecule has 4 aliphatic heterocycles. The SMILES string of the molecule is O=C(N[C@@H]1CN2CCC1CC2)c1n[nH]c2ccc(N3CCNC3=O)cc12. The molecule has 136 valence electrons. The highest BCUT2D eigenvalue weighted by molar-refractivity contribution is 6.06. The highest BCUT2D eigenvalue weighted by atomic mass is 16.2. The third kappa shape index (κ3) is 2.52. The van der Waals surface area contributed by atoms with Crippen LogP contribution < -0.4 is 15.5 Å². The van der Waals surface area contributed by atoms with Crippen LogP contribution in [0, 0.1) is 5.92 Å². The van der Waals surface area contributed by atoms with Gasteiger partial charge in [-0.1, -0.05) is 0 Å². The summed E-state index contributed by atoms with van der Waals surface area (Å²) in [5.74, 6) is 0.427. The number of urea groups is 1. The predicted octanol–water partition coefficient (Wildman–Crippen LogP) is 0.916. The molecule has 8 heteroatoms. The summed E-state index contributed by atoms with van der Waals surface area (Å²) in [7, 11) is 0. The molecule has 1 atom stereocenters. The number of carbonyl (C=O) groups excluding carboxylic acids is 2. The number of rotatable bonds is 3. The fourth-order valence-electron chi connectivity index (χ4n) is 4.43. The number of hydrogen-bond acceptors (Lipinski definition) is 4. The van der Waals surface area contributed by atoms with Gasteiger partial charge in [0.1, 0.15) is 0 Å². The topological polar surface area (TPSA) is 93.4 Å². The molecule has 1 aromatic carbocycles. The van der Waals surface area contributed by atoms with Crippen molar-refractivity contribution < 1.29 is 9.59 Å². The first-order valence-corrected chi connectivity index (χ1v) is 9.26. The van der Waals surface area contributed by atoms with E-state index in [1.807, 2.05) is 18.2 Å². The zero-order chi connectivity index (χ0) is 17.7.